The van der Waals surface area contributed by atoms with Gasteiger partial charge in [0, 0.05) is 40.5 Å². The Morgan fingerprint density at radius 3 is 2.32 bits per heavy atom. The lowest BCUT2D eigenvalue weighted by Crippen LogP contribution is -3.00. The molecule has 0 spiro atoms. The van der Waals surface area contributed by atoms with E-state index >= 15 is 0 Å². The first-order valence-corrected chi connectivity index (χ1v) is 11.7. The summed E-state index contributed by atoms with van der Waals surface area (Å²) in [5.74, 6) is -0.455. The molecule has 0 radical (unpaired) electrons. The molecule has 0 atom stereocenters. The Morgan fingerprint density at radius 1 is 1.00 bits per heavy atom. The zero-order valence-corrected chi connectivity index (χ0v) is 21.1. The van der Waals surface area contributed by atoms with Gasteiger partial charge in [-0.1, -0.05) is 42.1 Å². The quantitative estimate of drug-likeness (QED) is 0.354. The number of carbonyl (C=O) groups is 1. The van der Waals surface area contributed by atoms with Crippen molar-refractivity contribution in [3.63, 3.8) is 0 Å². The molecule has 2 N–H and O–H groups in total. The van der Waals surface area contributed by atoms with E-state index in [4.69, 9.17) is 0 Å². The second kappa shape index (κ2) is 13.3. The van der Waals surface area contributed by atoms with Gasteiger partial charge in [0.1, 0.15) is 11.6 Å². The molecule has 3 aromatic rings. The number of benzene rings is 3. The van der Waals surface area contributed by atoms with Crippen LogP contribution in [0.25, 0.3) is 0 Å². The van der Waals surface area contributed by atoms with E-state index < -0.39 is 5.91 Å². The Balaban J connectivity index is 0.00000408. The maximum atomic E-state index is 12.8. The highest BCUT2D eigenvalue weighted by molar-refractivity contribution is 7.99. The highest BCUT2D eigenvalue weighted by Crippen LogP contribution is 2.33. The molecule has 0 saturated heterocycles. The second-order valence-corrected chi connectivity index (χ2v) is 8.47. The number of anilines is 3. The molecule has 0 unspecified atom stereocenters. The number of carbonyl (C=O) groups excluding carboxylic acids is 1. The van der Waals surface area contributed by atoms with Crippen LogP contribution in [0.15, 0.2) is 94.4 Å². The lowest BCUT2D eigenvalue weighted by Gasteiger charge is -2.22. The number of amides is 1. The van der Waals surface area contributed by atoms with Gasteiger partial charge in [-0.25, -0.2) is 0 Å². The fourth-order valence-corrected chi connectivity index (χ4v) is 4.28. The third-order valence-electron chi connectivity index (χ3n) is 5.18. The van der Waals surface area contributed by atoms with Gasteiger partial charge in [-0.15, -0.1) is 0 Å². The Morgan fingerprint density at radius 2 is 1.68 bits per heavy atom. The zero-order valence-electron chi connectivity index (χ0n) is 19.5. The second-order valence-electron chi connectivity index (χ2n) is 7.35. The monoisotopic (exact) mass is 491 g/mol. The number of nitrogens with one attached hydrogen (secondary N) is 2. The molecule has 0 fully saturated rings. The third kappa shape index (κ3) is 7.05. The SMILES string of the molecule is CCN(CC)c1ccc(N/C=C(/C#N)C(=O)Nc2ccccc2Sc2ccccc2)c(C)c1.[Cl-]. The molecule has 0 heterocycles. The fourth-order valence-electron chi connectivity index (χ4n) is 3.36. The molecule has 34 heavy (non-hydrogen) atoms. The lowest BCUT2D eigenvalue weighted by molar-refractivity contribution is -0.112. The number of hydrogen-bond acceptors (Lipinski definition) is 5. The third-order valence-corrected chi connectivity index (χ3v) is 6.27. The first-order chi connectivity index (χ1) is 16.0. The van der Waals surface area contributed by atoms with E-state index in [0.29, 0.717) is 5.69 Å². The van der Waals surface area contributed by atoms with Crippen molar-refractivity contribution in [2.45, 2.75) is 30.6 Å². The smallest absolute Gasteiger partial charge is 0.267 e. The average Bonchev–Trinajstić information content (AvgIpc) is 2.83. The normalized spacial score (nSPS) is 10.6. The summed E-state index contributed by atoms with van der Waals surface area (Å²) in [5, 5.41) is 15.6. The molecule has 0 aromatic heterocycles. The van der Waals surface area contributed by atoms with Crippen LogP contribution in [0.1, 0.15) is 19.4 Å². The molecule has 7 heteroatoms. The summed E-state index contributed by atoms with van der Waals surface area (Å²) in [6, 6.07) is 25.6. The van der Waals surface area contributed by atoms with Gasteiger partial charge in [0.25, 0.3) is 5.91 Å². The van der Waals surface area contributed by atoms with Crippen LogP contribution < -0.4 is 27.9 Å². The molecule has 0 aliphatic heterocycles. The number of rotatable bonds is 9. The number of hydrogen-bond donors (Lipinski definition) is 2. The Bertz CT molecular complexity index is 1170. The van der Waals surface area contributed by atoms with E-state index in [-0.39, 0.29) is 18.0 Å². The van der Waals surface area contributed by atoms with Crippen molar-refractivity contribution < 1.29 is 17.2 Å². The minimum atomic E-state index is -0.455. The van der Waals surface area contributed by atoms with E-state index in [0.717, 1.165) is 39.8 Å². The molecule has 0 saturated carbocycles. The highest BCUT2D eigenvalue weighted by atomic mass is 35.5. The molecular formula is C27H28ClN4OS-. The number of halogens is 1. The van der Waals surface area contributed by atoms with Crippen molar-refractivity contribution in [2.24, 2.45) is 0 Å². The van der Waals surface area contributed by atoms with Crippen LogP contribution in [0.4, 0.5) is 17.1 Å². The van der Waals surface area contributed by atoms with Gasteiger partial charge in [-0.05, 0) is 68.8 Å². The fraction of sp³-hybridized carbons (Fsp3) is 0.185. The van der Waals surface area contributed by atoms with Crippen LogP contribution in [0.5, 0.6) is 0 Å². The minimum absolute atomic E-state index is 0. The summed E-state index contributed by atoms with van der Waals surface area (Å²) in [6.45, 7) is 8.13. The van der Waals surface area contributed by atoms with Crippen molar-refractivity contribution in [1.82, 2.24) is 0 Å². The number of nitriles is 1. The van der Waals surface area contributed by atoms with Crippen molar-refractivity contribution in [3.8, 4) is 6.07 Å². The van der Waals surface area contributed by atoms with Gasteiger partial charge in [0.2, 0.25) is 0 Å². The van der Waals surface area contributed by atoms with E-state index in [2.05, 4.69) is 35.4 Å². The predicted molar refractivity (Wildman–Crippen MR) is 138 cm³/mol. The van der Waals surface area contributed by atoms with Crippen molar-refractivity contribution in [2.75, 3.05) is 28.6 Å². The van der Waals surface area contributed by atoms with Crippen LogP contribution in [0, 0.1) is 18.3 Å². The molecule has 1 amide bonds. The van der Waals surface area contributed by atoms with E-state index in [9.17, 15) is 10.1 Å². The maximum absolute atomic E-state index is 12.8. The van der Waals surface area contributed by atoms with Crippen molar-refractivity contribution >= 4 is 34.7 Å². The van der Waals surface area contributed by atoms with E-state index in [1.807, 2.05) is 79.7 Å². The summed E-state index contributed by atoms with van der Waals surface area (Å²) in [6.07, 6.45) is 1.46. The summed E-state index contributed by atoms with van der Waals surface area (Å²) in [7, 11) is 0. The molecule has 176 valence electrons. The van der Waals surface area contributed by atoms with Crippen molar-refractivity contribution in [1.29, 1.82) is 5.26 Å². The molecule has 0 aliphatic rings. The standard InChI is InChI=1S/C27H28N4OS.ClH/c1-4-31(5-2)22-15-16-24(20(3)17-22)29-19-21(18-28)27(32)30-25-13-9-10-14-26(25)33-23-11-7-6-8-12-23;/h6-17,19,29H,4-5H2,1-3H3,(H,30,32);1H/p-1/b21-19-;. The molecule has 0 aliphatic carbocycles. The molecular weight excluding hydrogens is 464 g/mol. The zero-order chi connectivity index (χ0) is 23.6. The number of nitrogens with zero attached hydrogens (tertiary/aromatic N) is 2. The largest absolute Gasteiger partial charge is 1.00 e. The lowest BCUT2D eigenvalue weighted by atomic mass is 10.1. The average molecular weight is 492 g/mol. The van der Waals surface area contributed by atoms with Gasteiger partial charge in [-0.3, -0.25) is 4.79 Å². The van der Waals surface area contributed by atoms with Crippen molar-refractivity contribution in [3.05, 3.63) is 90.1 Å². The molecule has 3 rings (SSSR count). The van der Waals surface area contributed by atoms with Gasteiger partial charge in [-0.2, -0.15) is 5.26 Å². The topological polar surface area (TPSA) is 68.2 Å². The summed E-state index contributed by atoms with van der Waals surface area (Å²) in [4.78, 5) is 17.1. The summed E-state index contributed by atoms with van der Waals surface area (Å²) >= 11 is 1.56. The van der Waals surface area contributed by atoms with Crippen LogP contribution in [-0.2, 0) is 4.79 Å². The molecule has 0 bridgehead atoms. The minimum Gasteiger partial charge on any atom is -1.00 e. The molecule has 3 aromatic carbocycles. The number of aryl methyl sites for hydroxylation is 1. The van der Waals surface area contributed by atoms with Gasteiger partial charge in [0.15, 0.2) is 0 Å². The van der Waals surface area contributed by atoms with Crippen LogP contribution in [0.3, 0.4) is 0 Å². The van der Waals surface area contributed by atoms with Gasteiger partial charge >= 0.3 is 0 Å². The van der Waals surface area contributed by atoms with E-state index in [1.165, 1.54) is 6.20 Å². The first kappa shape index (κ1) is 26.8. The number of para-hydroxylation sites is 1. The first-order valence-electron chi connectivity index (χ1n) is 10.9. The van der Waals surface area contributed by atoms with Gasteiger partial charge in [0.05, 0.1) is 5.69 Å². The Labute approximate surface area is 212 Å². The maximum Gasteiger partial charge on any atom is 0.267 e. The van der Waals surface area contributed by atoms with E-state index in [1.54, 1.807) is 11.8 Å². The van der Waals surface area contributed by atoms with Crippen LogP contribution >= 0.6 is 11.8 Å². The summed E-state index contributed by atoms with van der Waals surface area (Å²) < 4.78 is 0. The van der Waals surface area contributed by atoms with Gasteiger partial charge < -0.3 is 27.9 Å². The highest BCUT2D eigenvalue weighted by Gasteiger charge is 2.13. The predicted octanol–water partition coefficient (Wildman–Crippen LogP) is 3.45. The Kier molecular flexibility index (Phi) is 10.5. The summed E-state index contributed by atoms with van der Waals surface area (Å²) in [5.41, 5.74) is 3.71. The van der Waals surface area contributed by atoms with Crippen LogP contribution in [-0.4, -0.2) is 19.0 Å². The van der Waals surface area contributed by atoms with Crippen LogP contribution in [0.2, 0.25) is 0 Å². The Hall–Kier alpha value is -3.40. The molecule has 5 nitrogen and oxygen atoms in total.